The summed E-state index contributed by atoms with van der Waals surface area (Å²) in [6.07, 6.45) is 2.19. The van der Waals surface area contributed by atoms with E-state index in [4.69, 9.17) is 9.47 Å². The molecular weight excluding hydrogens is 190 g/mol. The maximum Gasteiger partial charge on any atom is 0.109 e. The smallest absolute Gasteiger partial charge is 0.109 e. The Balaban J connectivity index is 2.06. The summed E-state index contributed by atoms with van der Waals surface area (Å²) in [7, 11) is 0. The second kappa shape index (κ2) is 4.04. The average Bonchev–Trinajstić information content (AvgIpc) is 2.57. The van der Waals surface area contributed by atoms with Gasteiger partial charge in [0.05, 0.1) is 13.2 Å². The molecule has 2 saturated heterocycles. The Morgan fingerprint density at radius 2 is 2.13 bits per heavy atom. The van der Waals surface area contributed by atoms with Gasteiger partial charge in [0.25, 0.3) is 0 Å². The predicted molar refractivity (Wildman–Crippen MR) is 60.0 cm³/mol. The fourth-order valence-corrected chi connectivity index (χ4v) is 2.60. The predicted octanol–water partition coefficient (Wildman–Crippen LogP) is 1.57. The molecule has 2 heterocycles. The summed E-state index contributed by atoms with van der Waals surface area (Å²) in [6.45, 7) is 10.3. The van der Waals surface area contributed by atoms with Gasteiger partial charge in [0.1, 0.15) is 5.60 Å². The Morgan fingerprint density at radius 1 is 1.33 bits per heavy atom. The molecule has 0 aromatic carbocycles. The third-order valence-electron chi connectivity index (χ3n) is 3.35. The van der Waals surface area contributed by atoms with Crippen LogP contribution in [0.25, 0.3) is 0 Å². The number of nitrogens with one attached hydrogen (secondary N) is 1. The summed E-state index contributed by atoms with van der Waals surface area (Å²) >= 11 is 0. The van der Waals surface area contributed by atoms with Crippen molar-refractivity contribution in [2.24, 2.45) is 5.41 Å². The van der Waals surface area contributed by atoms with Crippen LogP contribution in [0.2, 0.25) is 0 Å². The Morgan fingerprint density at radius 3 is 2.73 bits per heavy atom. The topological polar surface area (TPSA) is 30.5 Å². The molecule has 1 N–H and O–H groups in total. The first-order valence-electron chi connectivity index (χ1n) is 5.97. The summed E-state index contributed by atoms with van der Waals surface area (Å²) in [5.74, 6) is 0. The third kappa shape index (κ3) is 2.52. The first-order chi connectivity index (χ1) is 7.02. The van der Waals surface area contributed by atoms with Crippen molar-refractivity contribution >= 4 is 0 Å². The van der Waals surface area contributed by atoms with Crippen molar-refractivity contribution in [1.29, 1.82) is 0 Å². The highest BCUT2D eigenvalue weighted by Crippen LogP contribution is 2.35. The molecule has 0 aromatic rings. The lowest BCUT2D eigenvalue weighted by atomic mass is 9.79. The van der Waals surface area contributed by atoms with E-state index in [1.165, 1.54) is 0 Å². The van der Waals surface area contributed by atoms with Crippen molar-refractivity contribution in [3.8, 4) is 0 Å². The molecule has 2 aliphatic heterocycles. The summed E-state index contributed by atoms with van der Waals surface area (Å²) in [6, 6.07) is 0.453. The van der Waals surface area contributed by atoms with Crippen LogP contribution in [0.1, 0.15) is 33.6 Å². The van der Waals surface area contributed by atoms with Crippen molar-refractivity contribution in [3.63, 3.8) is 0 Å². The first-order valence-corrected chi connectivity index (χ1v) is 5.97. The third-order valence-corrected chi connectivity index (χ3v) is 3.35. The van der Waals surface area contributed by atoms with Crippen LogP contribution in [0, 0.1) is 5.41 Å². The number of rotatable bonds is 1. The molecule has 2 rings (SSSR count). The van der Waals surface area contributed by atoms with E-state index >= 15 is 0 Å². The van der Waals surface area contributed by atoms with Gasteiger partial charge in [-0.2, -0.15) is 0 Å². The Hall–Kier alpha value is -0.120. The fourth-order valence-electron chi connectivity index (χ4n) is 2.60. The van der Waals surface area contributed by atoms with Gasteiger partial charge in [-0.15, -0.1) is 0 Å². The first kappa shape index (κ1) is 11.4. The molecule has 0 bridgehead atoms. The Labute approximate surface area is 92.5 Å². The zero-order valence-electron chi connectivity index (χ0n) is 10.1. The van der Waals surface area contributed by atoms with Gasteiger partial charge in [-0.3, -0.25) is 0 Å². The Kier molecular flexibility index (Phi) is 3.06. The van der Waals surface area contributed by atoms with Crippen molar-refractivity contribution in [2.75, 3.05) is 26.4 Å². The van der Waals surface area contributed by atoms with Crippen LogP contribution >= 0.6 is 0 Å². The minimum absolute atomic E-state index is 0.0362. The summed E-state index contributed by atoms with van der Waals surface area (Å²) < 4.78 is 11.5. The molecule has 0 aliphatic carbocycles. The monoisotopic (exact) mass is 213 g/mol. The van der Waals surface area contributed by atoms with Crippen molar-refractivity contribution < 1.29 is 9.47 Å². The molecule has 3 heteroatoms. The number of morpholine rings is 1. The molecule has 3 nitrogen and oxygen atoms in total. The molecule has 0 radical (unpaired) electrons. The molecule has 2 atom stereocenters. The van der Waals surface area contributed by atoms with Crippen LogP contribution in [-0.2, 0) is 9.47 Å². The standard InChI is InChI=1S/C12H23NO2/c1-11(2,3)8-10-12(4-6-14-9-12)15-7-5-13-10/h10,13H,4-9H2,1-3H3. The molecule has 2 fully saturated rings. The van der Waals surface area contributed by atoms with E-state index in [0.29, 0.717) is 11.5 Å². The quantitative estimate of drug-likeness (QED) is 0.717. The molecule has 0 amide bonds. The summed E-state index contributed by atoms with van der Waals surface area (Å²) in [5.41, 5.74) is 0.305. The molecule has 88 valence electrons. The molecule has 15 heavy (non-hydrogen) atoms. The number of hydrogen-bond donors (Lipinski definition) is 1. The second-order valence-corrected chi connectivity index (χ2v) is 5.99. The van der Waals surface area contributed by atoms with Gasteiger partial charge in [-0.1, -0.05) is 20.8 Å². The molecule has 2 unspecified atom stereocenters. The fraction of sp³-hybridized carbons (Fsp3) is 1.00. The maximum absolute atomic E-state index is 6.00. The van der Waals surface area contributed by atoms with E-state index in [1.54, 1.807) is 0 Å². The number of ether oxygens (including phenoxy) is 2. The zero-order valence-corrected chi connectivity index (χ0v) is 10.1. The van der Waals surface area contributed by atoms with E-state index < -0.39 is 0 Å². The van der Waals surface area contributed by atoms with Crippen LogP contribution in [0.15, 0.2) is 0 Å². The van der Waals surface area contributed by atoms with E-state index in [1.807, 2.05) is 0 Å². The van der Waals surface area contributed by atoms with E-state index in [9.17, 15) is 0 Å². The zero-order chi connectivity index (χ0) is 10.9. The van der Waals surface area contributed by atoms with Gasteiger partial charge >= 0.3 is 0 Å². The van der Waals surface area contributed by atoms with Gasteiger partial charge in [0.15, 0.2) is 0 Å². The Bertz CT molecular complexity index is 216. The number of hydrogen-bond acceptors (Lipinski definition) is 3. The van der Waals surface area contributed by atoms with E-state index in [-0.39, 0.29) is 5.60 Å². The molecular formula is C12H23NO2. The maximum atomic E-state index is 6.00. The lowest BCUT2D eigenvalue weighted by Crippen LogP contribution is -2.59. The highest BCUT2D eigenvalue weighted by molar-refractivity contribution is 5.00. The minimum atomic E-state index is -0.0362. The molecule has 0 saturated carbocycles. The SMILES string of the molecule is CC(C)(C)CC1NCCOC12CCOC2. The highest BCUT2D eigenvalue weighted by atomic mass is 16.6. The van der Waals surface area contributed by atoms with Gasteiger partial charge in [0.2, 0.25) is 0 Å². The normalized spacial score (nSPS) is 37.4. The van der Waals surface area contributed by atoms with Crippen molar-refractivity contribution in [3.05, 3.63) is 0 Å². The van der Waals surface area contributed by atoms with E-state index in [0.717, 1.165) is 39.2 Å². The average molecular weight is 213 g/mol. The van der Waals surface area contributed by atoms with Gasteiger partial charge < -0.3 is 14.8 Å². The van der Waals surface area contributed by atoms with Gasteiger partial charge in [-0.05, 0) is 11.8 Å². The van der Waals surface area contributed by atoms with Gasteiger partial charge in [-0.25, -0.2) is 0 Å². The van der Waals surface area contributed by atoms with Crippen LogP contribution in [0.5, 0.6) is 0 Å². The van der Waals surface area contributed by atoms with Crippen LogP contribution in [0.3, 0.4) is 0 Å². The van der Waals surface area contributed by atoms with Crippen LogP contribution in [0.4, 0.5) is 0 Å². The summed E-state index contributed by atoms with van der Waals surface area (Å²) in [5, 5.41) is 3.60. The summed E-state index contributed by atoms with van der Waals surface area (Å²) in [4.78, 5) is 0. The van der Waals surface area contributed by atoms with Crippen molar-refractivity contribution in [2.45, 2.75) is 45.3 Å². The highest BCUT2D eigenvalue weighted by Gasteiger charge is 2.46. The second-order valence-electron chi connectivity index (χ2n) is 5.99. The van der Waals surface area contributed by atoms with E-state index in [2.05, 4.69) is 26.1 Å². The largest absolute Gasteiger partial charge is 0.378 e. The van der Waals surface area contributed by atoms with Crippen molar-refractivity contribution in [1.82, 2.24) is 5.32 Å². The minimum Gasteiger partial charge on any atom is -0.378 e. The van der Waals surface area contributed by atoms with Crippen LogP contribution in [-0.4, -0.2) is 38.0 Å². The van der Waals surface area contributed by atoms with Crippen LogP contribution < -0.4 is 5.32 Å². The van der Waals surface area contributed by atoms with Gasteiger partial charge in [0, 0.05) is 25.6 Å². The molecule has 0 aromatic heterocycles. The molecule has 2 aliphatic rings. The lowest BCUT2D eigenvalue weighted by molar-refractivity contribution is -0.105. The molecule has 1 spiro atoms. The lowest BCUT2D eigenvalue weighted by Gasteiger charge is -2.43.